The minimum atomic E-state index is -0.498. The highest BCUT2D eigenvalue weighted by atomic mass is 16.5. The SMILES string of the molecule is CC[C@@H](Oc1cccc(C)c1)C(=O)Nc1cccc(C)c1C. The number of aryl methyl sites for hydroxylation is 2. The van der Waals surface area contributed by atoms with Gasteiger partial charge in [0.1, 0.15) is 5.75 Å². The summed E-state index contributed by atoms with van der Waals surface area (Å²) in [7, 11) is 0. The fraction of sp³-hybridized carbons (Fsp3) is 0.316. The molecule has 0 saturated carbocycles. The van der Waals surface area contributed by atoms with E-state index < -0.39 is 6.10 Å². The summed E-state index contributed by atoms with van der Waals surface area (Å²) in [6.45, 7) is 7.99. The molecule has 0 saturated heterocycles. The molecule has 116 valence electrons. The fourth-order valence-corrected chi connectivity index (χ4v) is 2.27. The smallest absolute Gasteiger partial charge is 0.265 e. The van der Waals surface area contributed by atoms with Crippen LogP contribution in [-0.2, 0) is 4.79 Å². The summed E-state index contributed by atoms with van der Waals surface area (Å²) in [6.07, 6.45) is 0.117. The summed E-state index contributed by atoms with van der Waals surface area (Å²) in [5, 5.41) is 2.97. The van der Waals surface area contributed by atoms with Crippen molar-refractivity contribution in [3.63, 3.8) is 0 Å². The predicted molar refractivity (Wildman–Crippen MR) is 90.4 cm³/mol. The zero-order valence-corrected chi connectivity index (χ0v) is 13.6. The first-order valence-electron chi connectivity index (χ1n) is 7.61. The topological polar surface area (TPSA) is 38.3 Å². The average molecular weight is 297 g/mol. The Hall–Kier alpha value is -2.29. The molecule has 1 N–H and O–H groups in total. The lowest BCUT2D eigenvalue weighted by atomic mass is 10.1. The van der Waals surface area contributed by atoms with Crippen LogP contribution in [0.2, 0.25) is 0 Å². The quantitative estimate of drug-likeness (QED) is 0.888. The molecule has 0 aliphatic heterocycles. The summed E-state index contributed by atoms with van der Waals surface area (Å²) in [6, 6.07) is 13.6. The highest BCUT2D eigenvalue weighted by Gasteiger charge is 2.19. The second-order valence-electron chi connectivity index (χ2n) is 5.57. The van der Waals surface area contributed by atoms with Crippen LogP contribution < -0.4 is 10.1 Å². The Morgan fingerprint density at radius 1 is 1.14 bits per heavy atom. The van der Waals surface area contributed by atoms with E-state index in [0.29, 0.717) is 6.42 Å². The van der Waals surface area contributed by atoms with Crippen molar-refractivity contribution in [2.75, 3.05) is 5.32 Å². The molecule has 0 bridgehead atoms. The van der Waals surface area contributed by atoms with Gasteiger partial charge in [-0.25, -0.2) is 0 Å². The van der Waals surface area contributed by atoms with Crippen LogP contribution in [0.1, 0.15) is 30.0 Å². The number of benzene rings is 2. The summed E-state index contributed by atoms with van der Waals surface area (Å²) in [5.74, 6) is 0.612. The molecule has 0 spiro atoms. The van der Waals surface area contributed by atoms with E-state index in [1.165, 1.54) is 0 Å². The van der Waals surface area contributed by atoms with Crippen molar-refractivity contribution in [1.29, 1.82) is 0 Å². The van der Waals surface area contributed by atoms with Gasteiger partial charge in [0, 0.05) is 5.69 Å². The molecule has 0 aliphatic rings. The number of amides is 1. The van der Waals surface area contributed by atoms with Crippen molar-refractivity contribution >= 4 is 11.6 Å². The number of anilines is 1. The first-order chi connectivity index (χ1) is 10.5. The van der Waals surface area contributed by atoms with Gasteiger partial charge in [0.15, 0.2) is 6.10 Å². The van der Waals surface area contributed by atoms with Crippen molar-refractivity contribution < 1.29 is 9.53 Å². The fourth-order valence-electron chi connectivity index (χ4n) is 2.27. The first kappa shape index (κ1) is 16.1. The van der Waals surface area contributed by atoms with E-state index in [4.69, 9.17) is 4.74 Å². The molecule has 3 nitrogen and oxygen atoms in total. The van der Waals surface area contributed by atoms with Crippen LogP contribution >= 0.6 is 0 Å². The number of rotatable bonds is 5. The van der Waals surface area contributed by atoms with Gasteiger partial charge in [-0.15, -0.1) is 0 Å². The lowest BCUT2D eigenvalue weighted by Crippen LogP contribution is -2.32. The van der Waals surface area contributed by atoms with Crippen molar-refractivity contribution in [3.8, 4) is 5.75 Å². The predicted octanol–water partition coefficient (Wildman–Crippen LogP) is 4.41. The van der Waals surface area contributed by atoms with Crippen LogP contribution in [0.15, 0.2) is 42.5 Å². The third kappa shape index (κ3) is 3.88. The van der Waals surface area contributed by atoms with Gasteiger partial charge in [0.2, 0.25) is 0 Å². The van der Waals surface area contributed by atoms with Gasteiger partial charge < -0.3 is 10.1 Å². The maximum absolute atomic E-state index is 12.5. The van der Waals surface area contributed by atoms with Gasteiger partial charge in [-0.05, 0) is 62.1 Å². The molecule has 1 atom stereocenters. The lowest BCUT2D eigenvalue weighted by Gasteiger charge is -2.18. The minimum Gasteiger partial charge on any atom is -0.481 e. The van der Waals surface area contributed by atoms with E-state index in [1.54, 1.807) is 0 Å². The van der Waals surface area contributed by atoms with Gasteiger partial charge in [0.05, 0.1) is 0 Å². The van der Waals surface area contributed by atoms with E-state index >= 15 is 0 Å². The molecule has 3 heteroatoms. The maximum atomic E-state index is 12.5. The van der Waals surface area contributed by atoms with Crippen LogP contribution in [0.3, 0.4) is 0 Å². The summed E-state index contributed by atoms with van der Waals surface area (Å²) < 4.78 is 5.84. The molecule has 2 aromatic carbocycles. The second-order valence-corrected chi connectivity index (χ2v) is 5.57. The van der Waals surface area contributed by atoms with Crippen molar-refractivity contribution in [3.05, 3.63) is 59.2 Å². The van der Waals surface area contributed by atoms with Gasteiger partial charge in [-0.1, -0.05) is 31.2 Å². The van der Waals surface area contributed by atoms with Gasteiger partial charge in [-0.3, -0.25) is 4.79 Å². The maximum Gasteiger partial charge on any atom is 0.265 e. The Balaban J connectivity index is 2.10. The molecule has 0 fully saturated rings. The lowest BCUT2D eigenvalue weighted by molar-refractivity contribution is -0.122. The summed E-state index contributed by atoms with van der Waals surface area (Å²) in [5.41, 5.74) is 4.20. The number of carbonyl (C=O) groups excluding carboxylic acids is 1. The number of carbonyl (C=O) groups is 1. The molecular formula is C19H23NO2. The molecule has 0 aromatic heterocycles. The molecule has 22 heavy (non-hydrogen) atoms. The van der Waals surface area contributed by atoms with E-state index in [2.05, 4.69) is 5.32 Å². The van der Waals surface area contributed by atoms with Crippen LogP contribution in [0.25, 0.3) is 0 Å². The third-order valence-corrected chi connectivity index (χ3v) is 3.79. The largest absolute Gasteiger partial charge is 0.481 e. The average Bonchev–Trinajstić information content (AvgIpc) is 2.49. The zero-order valence-electron chi connectivity index (χ0n) is 13.6. The van der Waals surface area contributed by atoms with Gasteiger partial charge >= 0.3 is 0 Å². The standard InChI is InChI=1S/C19H23NO2/c1-5-18(22-16-10-6-8-13(2)12-16)19(21)20-17-11-7-9-14(3)15(17)4/h6-12,18H,5H2,1-4H3,(H,20,21)/t18-/m1/s1. The summed E-state index contributed by atoms with van der Waals surface area (Å²) in [4.78, 5) is 12.5. The Morgan fingerprint density at radius 3 is 2.55 bits per heavy atom. The number of nitrogens with one attached hydrogen (secondary N) is 1. The summed E-state index contributed by atoms with van der Waals surface area (Å²) >= 11 is 0. The molecular weight excluding hydrogens is 274 g/mol. The van der Waals surface area contributed by atoms with Crippen LogP contribution in [-0.4, -0.2) is 12.0 Å². The van der Waals surface area contributed by atoms with Crippen LogP contribution in [0.4, 0.5) is 5.69 Å². The van der Waals surface area contributed by atoms with E-state index in [-0.39, 0.29) is 5.91 Å². The van der Waals surface area contributed by atoms with Gasteiger partial charge in [0.25, 0.3) is 5.91 Å². The molecule has 0 heterocycles. The Labute approximate surface area is 132 Å². The van der Waals surface area contributed by atoms with Crippen molar-refractivity contribution in [2.24, 2.45) is 0 Å². The Kier molecular flexibility index (Phi) is 5.21. The molecule has 2 rings (SSSR count). The first-order valence-corrected chi connectivity index (χ1v) is 7.61. The minimum absolute atomic E-state index is 0.113. The highest BCUT2D eigenvalue weighted by Crippen LogP contribution is 2.20. The molecule has 0 unspecified atom stereocenters. The van der Waals surface area contributed by atoms with Crippen molar-refractivity contribution in [1.82, 2.24) is 0 Å². The van der Waals surface area contributed by atoms with Crippen LogP contribution in [0.5, 0.6) is 5.75 Å². The molecule has 0 radical (unpaired) electrons. The Morgan fingerprint density at radius 2 is 1.86 bits per heavy atom. The normalized spacial score (nSPS) is 11.8. The molecule has 1 amide bonds. The number of hydrogen-bond donors (Lipinski definition) is 1. The number of hydrogen-bond acceptors (Lipinski definition) is 2. The van der Waals surface area contributed by atoms with Crippen molar-refractivity contribution in [2.45, 2.75) is 40.2 Å². The zero-order chi connectivity index (χ0) is 16.1. The highest BCUT2D eigenvalue weighted by molar-refractivity contribution is 5.95. The van der Waals surface area contributed by atoms with Gasteiger partial charge in [-0.2, -0.15) is 0 Å². The number of ether oxygens (including phenoxy) is 1. The van der Waals surface area contributed by atoms with E-state index in [9.17, 15) is 4.79 Å². The second kappa shape index (κ2) is 7.12. The van der Waals surface area contributed by atoms with E-state index in [0.717, 1.165) is 28.1 Å². The van der Waals surface area contributed by atoms with Crippen LogP contribution in [0, 0.1) is 20.8 Å². The molecule has 2 aromatic rings. The van der Waals surface area contributed by atoms with E-state index in [1.807, 2.05) is 70.2 Å². The monoisotopic (exact) mass is 297 g/mol. The third-order valence-electron chi connectivity index (χ3n) is 3.79. The molecule has 0 aliphatic carbocycles. The Bertz CT molecular complexity index is 664.